The van der Waals surface area contributed by atoms with E-state index in [9.17, 15) is 13.2 Å². The van der Waals surface area contributed by atoms with E-state index < -0.39 is 10.0 Å². The van der Waals surface area contributed by atoms with Crippen molar-refractivity contribution >= 4 is 21.6 Å². The highest BCUT2D eigenvalue weighted by atomic mass is 32.2. The summed E-state index contributed by atoms with van der Waals surface area (Å²) < 4.78 is 25.8. The number of carbonyl (C=O) groups excluding carboxylic acids is 1. The molecule has 7 heteroatoms. The monoisotopic (exact) mass is 311 g/mol. The molecule has 1 saturated heterocycles. The van der Waals surface area contributed by atoms with Crippen molar-refractivity contribution in [1.82, 2.24) is 9.62 Å². The van der Waals surface area contributed by atoms with Gasteiger partial charge in [0.2, 0.25) is 15.9 Å². The summed E-state index contributed by atoms with van der Waals surface area (Å²) in [4.78, 5) is 13.6. The summed E-state index contributed by atoms with van der Waals surface area (Å²) in [5.74, 6) is -0.330. The molecule has 0 radical (unpaired) electrons. The molecule has 0 unspecified atom stereocenters. The Morgan fingerprint density at radius 3 is 2.48 bits per heavy atom. The Morgan fingerprint density at radius 2 is 1.86 bits per heavy atom. The molecular formula is C14H21N3O3S. The summed E-state index contributed by atoms with van der Waals surface area (Å²) in [5, 5.41) is 3.11. The van der Waals surface area contributed by atoms with Crippen LogP contribution in [0.1, 0.15) is 6.42 Å². The van der Waals surface area contributed by atoms with Gasteiger partial charge in [0.1, 0.15) is 0 Å². The Bertz CT molecular complexity index is 568. The van der Waals surface area contributed by atoms with Gasteiger partial charge in [0, 0.05) is 45.3 Å². The molecular weight excluding hydrogens is 290 g/mol. The van der Waals surface area contributed by atoms with Gasteiger partial charge in [-0.05, 0) is 12.1 Å². The van der Waals surface area contributed by atoms with E-state index in [-0.39, 0.29) is 18.1 Å². The predicted octanol–water partition coefficient (Wildman–Crippen LogP) is 0.275. The van der Waals surface area contributed by atoms with Crippen LogP contribution in [-0.4, -0.2) is 57.6 Å². The van der Waals surface area contributed by atoms with Crippen molar-refractivity contribution in [3.8, 4) is 0 Å². The second kappa shape index (κ2) is 7.02. The molecule has 0 saturated carbocycles. The number of rotatable bonds is 5. The van der Waals surface area contributed by atoms with Crippen molar-refractivity contribution in [3.05, 3.63) is 30.3 Å². The van der Waals surface area contributed by atoms with Crippen LogP contribution in [0.15, 0.2) is 30.3 Å². The number of amides is 1. The van der Waals surface area contributed by atoms with E-state index in [0.29, 0.717) is 26.2 Å². The summed E-state index contributed by atoms with van der Waals surface area (Å²) in [5.41, 5.74) is 0.766. The minimum Gasteiger partial charge on any atom is -0.315 e. The summed E-state index contributed by atoms with van der Waals surface area (Å²) in [7, 11) is -1.69. The van der Waals surface area contributed by atoms with E-state index in [2.05, 4.69) is 5.32 Å². The lowest BCUT2D eigenvalue weighted by atomic mass is 10.3. The van der Waals surface area contributed by atoms with E-state index in [1.54, 1.807) is 7.05 Å². The molecule has 1 aromatic carbocycles. The summed E-state index contributed by atoms with van der Waals surface area (Å²) in [6.07, 6.45) is -0.00233. The Morgan fingerprint density at radius 1 is 1.24 bits per heavy atom. The fourth-order valence-electron chi connectivity index (χ4n) is 2.23. The number of hydrogen-bond acceptors (Lipinski definition) is 4. The minimum atomic E-state index is -3.35. The van der Waals surface area contributed by atoms with E-state index in [1.807, 2.05) is 30.3 Å². The molecule has 21 heavy (non-hydrogen) atoms. The first kappa shape index (κ1) is 15.9. The lowest BCUT2D eigenvalue weighted by molar-refractivity contribution is -0.117. The number of benzene rings is 1. The SMILES string of the molecule is CN(C(=O)CCS(=O)(=O)N1CCNCC1)c1ccccc1. The average molecular weight is 311 g/mol. The highest BCUT2D eigenvalue weighted by molar-refractivity contribution is 7.89. The van der Waals surface area contributed by atoms with Gasteiger partial charge in [0.15, 0.2) is 0 Å². The molecule has 1 fully saturated rings. The van der Waals surface area contributed by atoms with Crippen LogP contribution in [0.5, 0.6) is 0 Å². The molecule has 1 N–H and O–H groups in total. The molecule has 1 aliphatic heterocycles. The molecule has 0 aromatic heterocycles. The van der Waals surface area contributed by atoms with Gasteiger partial charge in [-0.15, -0.1) is 0 Å². The van der Waals surface area contributed by atoms with Crippen LogP contribution < -0.4 is 10.2 Å². The van der Waals surface area contributed by atoms with E-state index in [4.69, 9.17) is 0 Å². The number of para-hydroxylation sites is 1. The van der Waals surface area contributed by atoms with Gasteiger partial charge in [-0.3, -0.25) is 4.79 Å². The van der Waals surface area contributed by atoms with Crippen LogP contribution >= 0.6 is 0 Å². The minimum absolute atomic E-state index is 0.00233. The van der Waals surface area contributed by atoms with Gasteiger partial charge in [0.05, 0.1) is 5.75 Å². The van der Waals surface area contributed by atoms with Gasteiger partial charge in [-0.1, -0.05) is 18.2 Å². The van der Waals surface area contributed by atoms with Crippen LogP contribution in [0.2, 0.25) is 0 Å². The second-order valence-corrected chi connectivity index (χ2v) is 7.09. The van der Waals surface area contributed by atoms with Gasteiger partial charge < -0.3 is 10.2 Å². The number of piperazine rings is 1. The van der Waals surface area contributed by atoms with Crippen LogP contribution in [0.4, 0.5) is 5.69 Å². The quantitative estimate of drug-likeness (QED) is 0.848. The number of sulfonamides is 1. The standard InChI is InChI=1S/C14H21N3O3S/c1-16(13-5-3-2-4-6-13)14(18)7-12-21(19,20)17-10-8-15-9-11-17/h2-6,15H,7-12H2,1H3. The molecule has 6 nitrogen and oxygen atoms in total. The van der Waals surface area contributed by atoms with E-state index >= 15 is 0 Å². The second-order valence-electron chi connectivity index (χ2n) is 5.00. The summed E-state index contributed by atoms with van der Waals surface area (Å²) in [6.45, 7) is 2.28. The molecule has 1 aromatic rings. The van der Waals surface area contributed by atoms with Crippen LogP contribution in [0, 0.1) is 0 Å². The van der Waals surface area contributed by atoms with Gasteiger partial charge in [-0.25, -0.2) is 8.42 Å². The number of anilines is 1. The fraction of sp³-hybridized carbons (Fsp3) is 0.500. The number of carbonyl (C=O) groups is 1. The molecule has 1 amide bonds. The maximum absolute atomic E-state index is 12.2. The highest BCUT2D eigenvalue weighted by Gasteiger charge is 2.25. The summed E-state index contributed by atoms with van der Waals surface area (Å²) >= 11 is 0. The highest BCUT2D eigenvalue weighted by Crippen LogP contribution is 2.13. The zero-order valence-electron chi connectivity index (χ0n) is 12.2. The summed E-state index contributed by atoms with van der Waals surface area (Å²) in [6, 6.07) is 9.20. The van der Waals surface area contributed by atoms with Gasteiger partial charge >= 0.3 is 0 Å². The molecule has 0 spiro atoms. The molecule has 2 rings (SSSR count). The van der Waals surface area contributed by atoms with Crippen LogP contribution in [0.3, 0.4) is 0 Å². The number of hydrogen-bond donors (Lipinski definition) is 1. The number of nitrogens with zero attached hydrogens (tertiary/aromatic N) is 2. The first-order valence-corrected chi connectivity index (χ1v) is 8.62. The van der Waals surface area contributed by atoms with Crippen LogP contribution in [-0.2, 0) is 14.8 Å². The maximum Gasteiger partial charge on any atom is 0.227 e. The molecule has 0 bridgehead atoms. The molecule has 0 atom stereocenters. The molecule has 1 heterocycles. The molecule has 1 aliphatic rings. The van der Waals surface area contributed by atoms with Crippen molar-refractivity contribution < 1.29 is 13.2 Å². The lowest BCUT2D eigenvalue weighted by Crippen LogP contribution is -2.47. The zero-order valence-corrected chi connectivity index (χ0v) is 13.0. The van der Waals surface area contributed by atoms with Crippen molar-refractivity contribution in [3.63, 3.8) is 0 Å². The van der Waals surface area contributed by atoms with E-state index in [1.165, 1.54) is 9.21 Å². The normalized spacial score (nSPS) is 16.6. The van der Waals surface area contributed by atoms with Crippen molar-refractivity contribution in [1.29, 1.82) is 0 Å². The average Bonchev–Trinajstić information content (AvgIpc) is 2.53. The third-order valence-corrected chi connectivity index (χ3v) is 5.43. The first-order chi connectivity index (χ1) is 10.0. The van der Waals surface area contributed by atoms with Gasteiger partial charge in [-0.2, -0.15) is 4.31 Å². The molecule has 116 valence electrons. The Hall–Kier alpha value is -1.44. The van der Waals surface area contributed by atoms with Gasteiger partial charge in [0.25, 0.3) is 0 Å². The fourth-order valence-corrected chi connectivity index (χ4v) is 3.66. The maximum atomic E-state index is 12.2. The van der Waals surface area contributed by atoms with E-state index in [0.717, 1.165) is 5.69 Å². The Labute approximate surface area is 125 Å². The first-order valence-electron chi connectivity index (χ1n) is 7.01. The predicted molar refractivity (Wildman–Crippen MR) is 82.7 cm³/mol. The lowest BCUT2D eigenvalue weighted by Gasteiger charge is -2.26. The molecule has 0 aliphatic carbocycles. The third kappa shape index (κ3) is 4.26. The zero-order chi connectivity index (χ0) is 15.3. The van der Waals surface area contributed by atoms with Crippen molar-refractivity contribution in [2.24, 2.45) is 0 Å². The van der Waals surface area contributed by atoms with Crippen LogP contribution in [0.25, 0.3) is 0 Å². The Balaban J connectivity index is 1.91. The van der Waals surface area contributed by atoms with Crippen molar-refractivity contribution in [2.75, 3.05) is 43.9 Å². The smallest absolute Gasteiger partial charge is 0.227 e. The topological polar surface area (TPSA) is 69.7 Å². The largest absolute Gasteiger partial charge is 0.315 e. The third-order valence-electron chi connectivity index (χ3n) is 3.56. The Kier molecular flexibility index (Phi) is 5.33. The van der Waals surface area contributed by atoms with Crippen molar-refractivity contribution in [2.45, 2.75) is 6.42 Å². The number of nitrogens with one attached hydrogen (secondary N) is 1.